The van der Waals surface area contributed by atoms with Crippen LogP contribution < -0.4 is 16.0 Å². The topological polar surface area (TPSA) is 101 Å². The van der Waals surface area contributed by atoms with E-state index in [0.717, 1.165) is 5.56 Å². The van der Waals surface area contributed by atoms with Crippen LogP contribution in [0.4, 0.5) is 0 Å². The molecular formula is C15H15N3O3. The summed E-state index contributed by atoms with van der Waals surface area (Å²) in [6.07, 6.45) is 0.370. The summed E-state index contributed by atoms with van der Waals surface area (Å²) in [5.41, 5.74) is 3.65. The summed E-state index contributed by atoms with van der Waals surface area (Å²) < 4.78 is 11.0. The Balaban J connectivity index is 2.00. The van der Waals surface area contributed by atoms with Gasteiger partial charge in [0.15, 0.2) is 5.76 Å². The highest BCUT2D eigenvalue weighted by Crippen LogP contribution is 2.18. The van der Waals surface area contributed by atoms with Crippen LogP contribution in [0.1, 0.15) is 27.4 Å². The van der Waals surface area contributed by atoms with Gasteiger partial charge in [-0.05, 0) is 30.7 Å². The van der Waals surface area contributed by atoms with Crippen molar-refractivity contribution in [1.82, 2.24) is 5.43 Å². The van der Waals surface area contributed by atoms with Crippen LogP contribution in [0, 0.1) is 18.3 Å². The van der Waals surface area contributed by atoms with E-state index in [4.69, 9.17) is 20.3 Å². The summed E-state index contributed by atoms with van der Waals surface area (Å²) in [5.74, 6) is 5.98. The lowest BCUT2D eigenvalue weighted by molar-refractivity contribution is 0.0921. The molecule has 0 radical (unpaired) electrons. The second-order valence-electron chi connectivity index (χ2n) is 4.47. The number of hydrogen-bond donors (Lipinski definition) is 2. The third-order valence-electron chi connectivity index (χ3n) is 2.89. The number of nitrogen functional groups attached to an aromatic ring is 1. The summed E-state index contributed by atoms with van der Waals surface area (Å²) in [7, 11) is 0. The first-order valence-corrected chi connectivity index (χ1v) is 6.33. The zero-order valence-corrected chi connectivity index (χ0v) is 11.6. The first-order valence-electron chi connectivity index (χ1n) is 6.33. The number of ether oxygens (including phenoxy) is 1. The Kier molecular flexibility index (Phi) is 4.59. The number of nitrogens with two attached hydrogens (primary N) is 1. The lowest BCUT2D eigenvalue weighted by Gasteiger charge is -2.04. The van der Waals surface area contributed by atoms with Gasteiger partial charge in [-0.1, -0.05) is 12.1 Å². The second kappa shape index (κ2) is 6.59. The van der Waals surface area contributed by atoms with E-state index in [1.807, 2.05) is 17.6 Å². The highest BCUT2D eigenvalue weighted by Gasteiger charge is 2.14. The van der Waals surface area contributed by atoms with Crippen LogP contribution in [-0.4, -0.2) is 5.91 Å². The lowest BCUT2D eigenvalue weighted by atomic mass is 10.2. The van der Waals surface area contributed by atoms with E-state index in [0.29, 0.717) is 23.5 Å². The maximum Gasteiger partial charge on any atom is 0.301 e. The monoisotopic (exact) mass is 285 g/mol. The van der Waals surface area contributed by atoms with Gasteiger partial charge >= 0.3 is 5.91 Å². The second-order valence-corrected chi connectivity index (χ2v) is 4.47. The third kappa shape index (κ3) is 3.61. The SMILES string of the molecule is Cc1cc(COc2ccc(CC#N)cc2)oc1C(=O)NN. The van der Waals surface area contributed by atoms with Gasteiger partial charge in [-0.15, -0.1) is 0 Å². The van der Waals surface area contributed by atoms with Gasteiger partial charge in [0.1, 0.15) is 18.1 Å². The van der Waals surface area contributed by atoms with Gasteiger partial charge in [0.25, 0.3) is 0 Å². The van der Waals surface area contributed by atoms with Crippen LogP contribution in [-0.2, 0) is 13.0 Å². The first-order chi connectivity index (χ1) is 10.1. The normalized spacial score (nSPS) is 9.95. The highest BCUT2D eigenvalue weighted by atomic mass is 16.5. The average Bonchev–Trinajstić information content (AvgIpc) is 2.87. The Hall–Kier alpha value is -2.78. The number of nitriles is 1. The van der Waals surface area contributed by atoms with Gasteiger partial charge in [-0.3, -0.25) is 10.2 Å². The molecule has 0 saturated heterocycles. The third-order valence-corrected chi connectivity index (χ3v) is 2.89. The zero-order valence-electron chi connectivity index (χ0n) is 11.6. The van der Waals surface area contributed by atoms with Crippen LogP contribution in [0.2, 0.25) is 0 Å². The molecular weight excluding hydrogens is 270 g/mol. The molecule has 1 aromatic heterocycles. The lowest BCUT2D eigenvalue weighted by Crippen LogP contribution is -2.30. The summed E-state index contributed by atoms with van der Waals surface area (Å²) in [4.78, 5) is 11.4. The van der Waals surface area contributed by atoms with Gasteiger partial charge in [0, 0.05) is 5.56 Å². The molecule has 0 aliphatic heterocycles. The van der Waals surface area contributed by atoms with Crippen molar-refractivity contribution < 1.29 is 13.9 Å². The molecule has 6 heteroatoms. The molecule has 0 aliphatic rings. The fourth-order valence-corrected chi connectivity index (χ4v) is 1.86. The number of hydrazine groups is 1. The number of aryl methyl sites for hydroxylation is 1. The van der Waals surface area contributed by atoms with E-state index in [9.17, 15) is 4.79 Å². The van der Waals surface area contributed by atoms with Crippen LogP contribution in [0.5, 0.6) is 5.75 Å². The fourth-order valence-electron chi connectivity index (χ4n) is 1.86. The van der Waals surface area contributed by atoms with Gasteiger partial charge in [-0.25, -0.2) is 5.84 Å². The number of carbonyl (C=O) groups is 1. The number of furan rings is 1. The van der Waals surface area contributed by atoms with E-state index in [1.165, 1.54) is 0 Å². The first kappa shape index (κ1) is 14.6. The standard InChI is InChI=1S/C15H15N3O3/c1-10-8-13(21-14(10)15(19)18-17)9-20-12-4-2-11(3-5-12)6-7-16/h2-5,8H,6,9,17H2,1H3,(H,18,19). The van der Waals surface area contributed by atoms with Gasteiger partial charge < -0.3 is 9.15 Å². The molecule has 0 atom stereocenters. The largest absolute Gasteiger partial charge is 0.486 e. The van der Waals surface area contributed by atoms with Crippen molar-refractivity contribution in [1.29, 1.82) is 5.26 Å². The van der Waals surface area contributed by atoms with Crippen molar-refractivity contribution in [3.63, 3.8) is 0 Å². The predicted molar refractivity (Wildman–Crippen MR) is 75.2 cm³/mol. The van der Waals surface area contributed by atoms with Crippen molar-refractivity contribution in [2.45, 2.75) is 20.0 Å². The number of nitrogens with one attached hydrogen (secondary N) is 1. The molecule has 2 aromatic rings. The van der Waals surface area contributed by atoms with E-state index < -0.39 is 5.91 Å². The molecule has 0 spiro atoms. The van der Waals surface area contributed by atoms with Crippen LogP contribution in [0.25, 0.3) is 0 Å². The number of hydrogen-bond acceptors (Lipinski definition) is 5. The van der Waals surface area contributed by atoms with Crippen molar-refractivity contribution in [3.8, 4) is 11.8 Å². The highest BCUT2D eigenvalue weighted by molar-refractivity contribution is 5.92. The summed E-state index contributed by atoms with van der Waals surface area (Å²) in [6, 6.07) is 11.1. The quantitative estimate of drug-likeness (QED) is 0.496. The molecule has 1 heterocycles. The Morgan fingerprint density at radius 1 is 1.43 bits per heavy atom. The Labute approximate surface area is 122 Å². The van der Waals surface area contributed by atoms with Crippen LogP contribution in [0.3, 0.4) is 0 Å². The minimum absolute atomic E-state index is 0.181. The smallest absolute Gasteiger partial charge is 0.301 e. The average molecular weight is 285 g/mol. The minimum atomic E-state index is -0.473. The molecule has 6 nitrogen and oxygen atoms in total. The molecule has 0 aliphatic carbocycles. The number of benzene rings is 1. The summed E-state index contributed by atoms with van der Waals surface area (Å²) in [5, 5.41) is 8.60. The maximum atomic E-state index is 11.4. The van der Waals surface area contributed by atoms with E-state index in [2.05, 4.69) is 6.07 Å². The van der Waals surface area contributed by atoms with E-state index >= 15 is 0 Å². The van der Waals surface area contributed by atoms with Gasteiger partial charge in [0.05, 0.1) is 12.5 Å². The van der Waals surface area contributed by atoms with Gasteiger partial charge in [0.2, 0.25) is 0 Å². The van der Waals surface area contributed by atoms with Crippen molar-refractivity contribution in [2.24, 2.45) is 5.84 Å². The number of amides is 1. The molecule has 2 rings (SSSR count). The molecule has 1 amide bonds. The molecule has 0 fully saturated rings. The molecule has 21 heavy (non-hydrogen) atoms. The molecule has 0 unspecified atom stereocenters. The van der Waals surface area contributed by atoms with Crippen LogP contribution in [0.15, 0.2) is 34.7 Å². The van der Waals surface area contributed by atoms with Gasteiger partial charge in [-0.2, -0.15) is 5.26 Å². The molecule has 3 N–H and O–H groups in total. The Morgan fingerprint density at radius 3 is 2.76 bits per heavy atom. The summed E-state index contributed by atoms with van der Waals surface area (Å²) in [6.45, 7) is 1.96. The number of rotatable bonds is 5. The minimum Gasteiger partial charge on any atom is -0.486 e. The Bertz CT molecular complexity index is 668. The van der Waals surface area contributed by atoms with Crippen molar-refractivity contribution in [2.75, 3.05) is 0 Å². The molecule has 108 valence electrons. The summed E-state index contributed by atoms with van der Waals surface area (Å²) >= 11 is 0. The molecule has 0 saturated carbocycles. The number of carbonyl (C=O) groups excluding carboxylic acids is 1. The zero-order chi connectivity index (χ0) is 15.2. The van der Waals surface area contributed by atoms with E-state index in [-0.39, 0.29) is 12.4 Å². The molecule has 0 bridgehead atoms. The predicted octanol–water partition coefficient (Wildman–Crippen LogP) is 1.84. The fraction of sp³-hybridized carbons (Fsp3) is 0.200. The van der Waals surface area contributed by atoms with E-state index in [1.54, 1.807) is 25.1 Å². The van der Waals surface area contributed by atoms with Crippen molar-refractivity contribution >= 4 is 5.91 Å². The Morgan fingerprint density at radius 2 is 2.14 bits per heavy atom. The van der Waals surface area contributed by atoms with Crippen molar-refractivity contribution in [3.05, 3.63) is 53.0 Å². The molecule has 1 aromatic carbocycles. The maximum absolute atomic E-state index is 11.4. The number of nitrogens with zero attached hydrogens (tertiary/aromatic N) is 1. The van der Waals surface area contributed by atoms with Crippen LogP contribution >= 0.6 is 0 Å².